The molecule has 0 saturated heterocycles. The first-order chi connectivity index (χ1) is 9.53. The van der Waals surface area contributed by atoms with E-state index >= 15 is 0 Å². The van der Waals surface area contributed by atoms with Crippen molar-refractivity contribution in [2.75, 3.05) is 26.7 Å². The zero-order valence-corrected chi connectivity index (χ0v) is 12.4. The highest BCUT2D eigenvalue weighted by Gasteiger charge is 2.17. The number of carbonyl (C=O) groups excluding carboxylic acids is 2. The maximum absolute atomic E-state index is 12.3. The van der Waals surface area contributed by atoms with E-state index in [1.54, 1.807) is 30.1 Å². The van der Waals surface area contributed by atoms with Crippen LogP contribution in [-0.4, -0.2) is 48.3 Å². The van der Waals surface area contributed by atoms with Crippen LogP contribution in [0.15, 0.2) is 24.3 Å². The van der Waals surface area contributed by atoms with E-state index < -0.39 is 0 Å². The minimum absolute atomic E-state index is 0.0409. The number of hydrogen-bond donors (Lipinski definition) is 1. The largest absolute Gasteiger partial charge is 0.342 e. The van der Waals surface area contributed by atoms with Crippen molar-refractivity contribution in [3.63, 3.8) is 0 Å². The molecular weight excluding hydrogens is 254 g/mol. The highest BCUT2D eigenvalue weighted by atomic mass is 16.2. The third-order valence-electron chi connectivity index (χ3n) is 3.24. The van der Waals surface area contributed by atoms with Gasteiger partial charge in [-0.1, -0.05) is 12.1 Å². The molecule has 5 nitrogen and oxygen atoms in total. The highest BCUT2D eigenvalue weighted by Crippen LogP contribution is 2.07. The molecule has 0 atom stereocenters. The minimum atomic E-state index is -0.166. The number of benzene rings is 1. The maximum Gasteiger partial charge on any atom is 0.254 e. The summed E-state index contributed by atoms with van der Waals surface area (Å²) in [6.45, 7) is 5.64. The summed E-state index contributed by atoms with van der Waals surface area (Å²) in [4.78, 5) is 27.4. The molecule has 0 fully saturated rings. The quantitative estimate of drug-likeness (QED) is 0.846. The summed E-state index contributed by atoms with van der Waals surface area (Å²) in [5, 5.41) is 0. The van der Waals surface area contributed by atoms with Gasteiger partial charge in [-0.2, -0.15) is 0 Å². The molecule has 0 bridgehead atoms. The lowest BCUT2D eigenvalue weighted by atomic mass is 10.1. The van der Waals surface area contributed by atoms with Crippen molar-refractivity contribution in [3.8, 4) is 0 Å². The fraction of sp³-hybridized carbons (Fsp3) is 0.467. The topological polar surface area (TPSA) is 66.6 Å². The van der Waals surface area contributed by atoms with Crippen molar-refractivity contribution < 1.29 is 9.59 Å². The molecule has 20 heavy (non-hydrogen) atoms. The van der Waals surface area contributed by atoms with Crippen LogP contribution in [0.4, 0.5) is 0 Å². The summed E-state index contributed by atoms with van der Waals surface area (Å²) < 4.78 is 0. The van der Waals surface area contributed by atoms with Crippen LogP contribution in [0.5, 0.6) is 0 Å². The van der Waals surface area contributed by atoms with Gasteiger partial charge < -0.3 is 15.5 Å². The molecule has 0 heterocycles. The average Bonchev–Trinajstić information content (AvgIpc) is 2.47. The first-order valence-electron chi connectivity index (χ1n) is 6.85. The molecule has 0 aliphatic carbocycles. The van der Waals surface area contributed by atoms with Crippen LogP contribution in [-0.2, 0) is 11.3 Å². The molecule has 1 aromatic carbocycles. The zero-order chi connectivity index (χ0) is 15.1. The van der Waals surface area contributed by atoms with Crippen LogP contribution in [0, 0.1) is 0 Å². The lowest BCUT2D eigenvalue weighted by Gasteiger charge is -2.23. The Morgan fingerprint density at radius 2 is 1.85 bits per heavy atom. The fourth-order valence-electron chi connectivity index (χ4n) is 2.00. The van der Waals surface area contributed by atoms with Gasteiger partial charge in [-0.3, -0.25) is 9.59 Å². The van der Waals surface area contributed by atoms with Gasteiger partial charge in [0.05, 0.1) is 6.54 Å². The predicted octanol–water partition coefficient (Wildman–Crippen LogP) is 1.09. The second-order valence-corrected chi connectivity index (χ2v) is 4.63. The first kappa shape index (κ1) is 16.2. The van der Waals surface area contributed by atoms with E-state index in [0.717, 1.165) is 5.56 Å². The molecule has 0 unspecified atom stereocenters. The molecule has 0 saturated carbocycles. The van der Waals surface area contributed by atoms with Crippen LogP contribution >= 0.6 is 0 Å². The summed E-state index contributed by atoms with van der Waals surface area (Å²) in [5.41, 5.74) is 7.03. The van der Waals surface area contributed by atoms with Crippen molar-refractivity contribution in [2.45, 2.75) is 20.4 Å². The number of carbonyl (C=O) groups is 2. The third kappa shape index (κ3) is 4.06. The standard InChI is InChI=1S/C15H23N3O2/c1-4-18(5-2)14(19)11-17(3)15(20)13-8-6-7-12(9-13)10-16/h6-9H,4-5,10-11,16H2,1-3H3. The molecule has 0 radical (unpaired) electrons. The normalized spacial score (nSPS) is 10.2. The van der Waals surface area contributed by atoms with E-state index in [1.165, 1.54) is 4.90 Å². The number of nitrogens with zero attached hydrogens (tertiary/aromatic N) is 2. The van der Waals surface area contributed by atoms with Gasteiger partial charge in [-0.15, -0.1) is 0 Å². The van der Waals surface area contributed by atoms with Gasteiger partial charge in [0.2, 0.25) is 5.91 Å². The van der Waals surface area contributed by atoms with E-state index in [9.17, 15) is 9.59 Å². The van der Waals surface area contributed by atoms with Gasteiger partial charge >= 0.3 is 0 Å². The molecule has 2 N–H and O–H groups in total. The summed E-state index contributed by atoms with van der Waals surface area (Å²) >= 11 is 0. The summed E-state index contributed by atoms with van der Waals surface area (Å²) in [6.07, 6.45) is 0. The Bertz CT molecular complexity index is 470. The molecule has 0 aromatic heterocycles. The van der Waals surface area contributed by atoms with Gasteiger partial charge in [0.1, 0.15) is 0 Å². The molecule has 1 rings (SSSR count). The molecular formula is C15H23N3O2. The fourth-order valence-corrected chi connectivity index (χ4v) is 2.00. The van der Waals surface area contributed by atoms with E-state index in [0.29, 0.717) is 25.2 Å². The van der Waals surface area contributed by atoms with Crippen LogP contribution in [0.1, 0.15) is 29.8 Å². The van der Waals surface area contributed by atoms with Crippen LogP contribution < -0.4 is 5.73 Å². The monoisotopic (exact) mass is 277 g/mol. The lowest BCUT2D eigenvalue weighted by Crippen LogP contribution is -2.41. The van der Waals surface area contributed by atoms with Crippen LogP contribution in [0.3, 0.4) is 0 Å². The minimum Gasteiger partial charge on any atom is -0.342 e. The summed E-state index contributed by atoms with van der Waals surface area (Å²) in [5.74, 6) is -0.207. The van der Waals surface area contributed by atoms with Crippen molar-refractivity contribution in [1.29, 1.82) is 0 Å². The highest BCUT2D eigenvalue weighted by molar-refractivity contribution is 5.96. The SMILES string of the molecule is CCN(CC)C(=O)CN(C)C(=O)c1cccc(CN)c1. The molecule has 110 valence electrons. The summed E-state index contributed by atoms with van der Waals surface area (Å²) in [6, 6.07) is 7.17. The second kappa shape index (κ2) is 7.65. The van der Waals surface area contributed by atoms with Crippen LogP contribution in [0.2, 0.25) is 0 Å². The van der Waals surface area contributed by atoms with Crippen molar-refractivity contribution in [2.24, 2.45) is 5.73 Å². The zero-order valence-electron chi connectivity index (χ0n) is 12.4. The van der Waals surface area contributed by atoms with Crippen molar-refractivity contribution in [1.82, 2.24) is 9.80 Å². The first-order valence-corrected chi connectivity index (χ1v) is 6.85. The van der Waals surface area contributed by atoms with E-state index in [4.69, 9.17) is 5.73 Å². The van der Waals surface area contributed by atoms with E-state index in [-0.39, 0.29) is 18.4 Å². The Balaban J connectivity index is 2.73. The van der Waals surface area contributed by atoms with Gasteiger partial charge in [0.15, 0.2) is 0 Å². The van der Waals surface area contributed by atoms with Gasteiger partial charge in [-0.05, 0) is 31.5 Å². The molecule has 0 aliphatic rings. The predicted molar refractivity (Wildman–Crippen MR) is 79.2 cm³/mol. The lowest BCUT2D eigenvalue weighted by molar-refractivity contribution is -0.131. The number of amides is 2. The Hall–Kier alpha value is -1.88. The average molecular weight is 277 g/mol. The molecule has 1 aromatic rings. The third-order valence-corrected chi connectivity index (χ3v) is 3.24. The van der Waals surface area contributed by atoms with Crippen molar-refractivity contribution in [3.05, 3.63) is 35.4 Å². The van der Waals surface area contributed by atoms with E-state index in [2.05, 4.69) is 0 Å². The van der Waals surface area contributed by atoms with Gasteiger partial charge in [-0.25, -0.2) is 0 Å². The Kier molecular flexibility index (Phi) is 6.18. The number of likely N-dealkylation sites (N-methyl/N-ethyl adjacent to an activating group) is 2. The Labute approximate surface area is 120 Å². The molecule has 0 aliphatic heterocycles. The Morgan fingerprint density at radius 1 is 1.20 bits per heavy atom. The molecule has 5 heteroatoms. The smallest absolute Gasteiger partial charge is 0.254 e. The molecule has 2 amide bonds. The Morgan fingerprint density at radius 3 is 2.40 bits per heavy atom. The second-order valence-electron chi connectivity index (χ2n) is 4.63. The van der Waals surface area contributed by atoms with Crippen LogP contribution in [0.25, 0.3) is 0 Å². The molecule has 0 spiro atoms. The summed E-state index contributed by atoms with van der Waals surface area (Å²) in [7, 11) is 1.64. The van der Waals surface area contributed by atoms with Crippen molar-refractivity contribution >= 4 is 11.8 Å². The van der Waals surface area contributed by atoms with Gasteiger partial charge in [0.25, 0.3) is 5.91 Å². The van der Waals surface area contributed by atoms with E-state index in [1.807, 2.05) is 19.9 Å². The van der Waals surface area contributed by atoms with Gasteiger partial charge in [0, 0.05) is 32.2 Å². The maximum atomic E-state index is 12.3. The number of hydrogen-bond acceptors (Lipinski definition) is 3. The number of rotatable bonds is 6. The number of nitrogens with two attached hydrogens (primary N) is 1.